The maximum Gasteiger partial charge on any atom is 0.231 e. The normalized spacial score (nSPS) is 11.3. The molecule has 0 bridgehead atoms. The first-order valence-electron chi connectivity index (χ1n) is 7.32. The Kier molecular flexibility index (Phi) is 5.98. The van der Waals surface area contributed by atoms with Gasteiger partial charge in [-0.05, 0) is 25.7 Å². The number of aromatic nitrogens is 3. The Bertz CT molecular complexity index is 409. The highest BCUT2D eigenvalue weighted by atomic mass is 15.3. The van der Waals surface area contributed by atoms with Gasteiger partial charge in [0, 0.05) is 26.7 Å². The highest BCUT2D eigenvalue weighted by Gasteiger charge is 2.12. The van der Waals surface area contributed by atoms with Crippen molar-refractivity contribution in [3.05, 3.63) is 0 Å². The smallest absolute Gasteiger partial charge is 0.231 e. The van der Waals surface area contributed by atoms with E-state index in [-0.39, 0.29) is 0 Å². The van der Waals surface area contributed by atoms with Crippen LogP contribution in [-0.2, 0) is 0 Å². The minimum absolute atomic E-state index is 0.299. The predicted octanol–water partition coefficient (Wildman–Crippen LogP) is 2.61. The third kappa shape index (κ3) is 5.19. The first-order chi connectivity index (χ1) is 9.39. The van der Waals surface area contributed by atoms with Gasteiger partial charge in [0.1, 0.15) is 0 Å². The van der Waals surface area contributed by atoms with E-state index in [0.717, 1.165) is 26.1 Å². The predicted molar refractivity (Wildman–Crippen MR) is 85.5 cm³/mol. The molecule has 0 atom stereocenters. The molecule has 6 heteroatoms. The maximum atomic E-state index is 4.50. The van der Waals surface area contributed by atoms with Crippen molar-refractivity contribution in [3.63, 3.8) is 0 Å². The van der Waals surface area contributed by atoms with E-state index in [1.54, 1.807) is 0 Å². The first kappa shape index (κ1) is 16.5. The topological polar surface area (TPSA) is 66.0 Å². The van der Waals surface area contributed by atoms with E-state index >= 15 is 0 Å². The Labute approximate surface area is 122 Å². The second-order valence-corrected chi connectivity index (χ2v) is 5.94. The summed E-state index contributed by atoms with van der Waals surface area (Å²) >= 11 is 0. The van der Waals surface area contributed by atoms with Crippen LogP contribution in [0.4, 0.5) is 17.8 Å². The van der Waals surface area contributed by atoms with Crippen LogP contribution >= 0.6 is 0 Å². The second kappa shape index (κ2) is 7.26. The second-order valence-electron chi connectivity index (χ2n) is 5.94. The number of nitrogens with one attached hydrogen (secondary N) is 2. The molecule has 2 N–H and O–H groups in total. The molecule has 6 nitrogen and oxygen atoms in total. The molecule has 20 heavy (non-hydrogen) atoms. The van der Waals surface area contributed by atoms with Crippen molar-refractivity contribution in [2.24, 2.45) is 5.41 Å². The van der Waals surface area contributed by atoms with Crippen LogP contribution in [0.2, 0.25) is 0 Å². The summed E-state index contributed by atoms with van der Waals surface area (Å²) in [6.45, 7) is 13.5. The van der Waals surface area contributed by atoms with E-state index in [4.69, 9.17) is 0 Å². The van der Waals surface area contributed by atoms with Gasteiger partial charge in [-0.25, -0.2) is 0 Å². The number of nitrogens with zero attached hydrogens (tertiary/aromatic N) is 4. The molecule has 1 rings (SSSR count). The maximum absolute atomic E-state index is 4.50. The summed E-state index contributed by atoms with van der Waals surface area (Å²) in [5.74, 6) is 1.95. The van der Waals surface area contributed by atoms with Gasteiger partial charge in [0.25, 0.3) is 0 Å². The van der Waals surface area contributed by atoms with Crippen LogP contribution in [0.1, 0.15) is 41.0 Å². The van der Waals surface area contributed by atoms with Crippen molar-refractivity contribution in [2.45, 2.75) is 41.0 Å². The molecule has 114 valence electrons. The Morgan fingerprint density at radius 2 is 1.60 bits per heavy atom. The molecular weight excluding hydrogens is 252 g/mol. The molecule has 0 amide bonds. The van der Waals surface area contributed by atoms with Crippen LogP contribution in [0.15, 0.2) is 0 Å². The van der Waals surface area contributed by atoms with Crippen LogP contribution in [0.5, 0.6) is 0 Å². The van der Waals surface area contributed by atoms with Crippen LogP contribution in [0, 0.1) is 5.41 Å². The van der Waals surface area contributed by atoms with Crippen molar-refractivity contribution < 1.29 is 0 Å². The highest BCUT2D eigenvalue weighted by Crippen LogP contribution is 2.18. The van der Waals surface area contributed by atoms with Gasteiger partial charge in [-0.1, -0.05) is 20.8 Å². The Hall–Kier alpha value is -1.59. The number of hydrogen-bond acceptors (Lipinski definition) is 6. The molecule has 1 heterocycles. The summed E-state index contributed by atoms with van der Waals surface area (Å²) in [5, 5.41) is 6.28. The molecule has 0 saturated carbocycles. The lowest BCUT2D eigenvalue weighted by molar-refractivity contribution is 0.389. The summed E-state index contributed by atoms with van der Waals surface area (Å²) in [6.07, 6.45) is 1.06. The quantitative estimate of drug-likeness (QED) is 0.800. The lowest BCUT2D eigenvalue weighted by Crippen LogP contribution is -2.25. The SMILES string of the molecule is CCN(CC)c1nc(NC)nc(NCCC(C)(C)C)n1. The van der Waals surface area contributed by atoms with Crippen LogP contribution < -0.4 is 15.5 Å². The number of hydrogen-bond donors (Lipinski definition) is 2. The van der Waals surface area contributed by atoms with E-state index in [9.17, 15) is 0 Å². The largest absolute Gasteiger partial charge is 0.357 e. The standard InChI is InChI=1S/C14H28N6/c1-7-20(8-2)13-18-11(15-6)17-12(19-13)16-10-9-14(3,4)5/h7-10H2,1-6H3,(H2,15,16,17,18,19). The monoisotopic (exact) mass is 280 g/mol. The van der Waals surface area contributed by atoms with Crippen molar-refractivity contribution in [2.75, 3.05) is 42.2 Å². The molecule has 0 unspecified atom stereocenters. The van der Waals surface area contributed by atoms with Gasteiger partial charge in [-0.3, -0.25) is 0 Å². The zero-order chi connectivity index (χ0) is 15.2. The van der Waals surface area contributed by atoms with E-state index in [1.807, 2.05) is 7.05 Å². The van der Waals surface area contributed by atoms with Crippen molar-refractivity contribution in [1.29, 1.82) is 0 Å². The Morgan fingerprint density at radius 1 is 1.00 bits per heavy atom. The lowest BCUT2D eigenvalue weighted by atomic mass is 9.92. The summed E-state index contributed by atoms with van der Waals surface area (Å²) in [6, 6.07) is 0. The molecule has 0 aliphatic rings. The minimum atomic E-state index is 0.299. The Morgan fingerprint density at radius 3 is 2.10 bits per heavy atom. The average Bonchev–Trinajstić information content (AvgIpc) is 2.38. The molecule has 0 radical (unpaired) electrons. The van der Waals surface area contributed by atoms with E-state index in [0.29, 0.717) is 23.3 Å². The molecule has 0 aromatic carbocycles. The number of rotatable bonds is 7. The fourth-order valence-electron chi connectivity index (χ4n) is 1.75. The fourth-order valence-corrected chi connectivity index (χ4v) is 1.75. The molecular formula is C14H28N6. The van der Waals surface area contributed by atoms with Crippen molar-refractivity contribution in [1.82, 2.24) is 15.0 Å². The zero-order valence-electron chi connectivity index (χ0n) is 13.6. The number of anilines is 3. The molecule has 0 fully saturated rings. The van der Waals surface area contributed by atoms with E-state index in [1.165, 1.54) is 0 Å². The molecule has 0 saturated heterocycles. The summed E-state index contributed by atoms with van der Waals surface area (Å²) < 4.78 is 0. The summed E-state index contributed by atoms with van der Waals surface area (Å²) in [5.41, 5.74) is 0.299. The molecule has 1 aromatic heterocycles. The minimum Gasteiger partial charge on any atom is -0.357 e. The van der Waals surface area contributed by atoms with Crippen molar-refractivity contribution in [3.8, 4) is 0 Å². The molecule has 1 aromatic rings. The first-order valence-corrected chi connectivity index (χ1v) is 7.32. The molecule has 0 aliphatic heterocycles. The third-order valence-electron chi connectivity index (χ3n) is 3.05. The van der Waals surface area contributed by atoms with Gasteiger partial charge >= 0.3 is 0 Å². The van der Waals surface area contributed by atoms with Gasteiger partial charge in [0.2, 0.25) is 17.8 Å². The highest BCUT2D eigenvalue weighted by molar-refractivity contribution is 5.43. The van der Waals surface area contributed by atoms with Crippen LogP contribution in [-0.4, -0.2) is 41.6 Å². The zero-order valence-corrected chi connectivity index (χ0v) is 13.6. The molecule has 0 aliphatic carbocycles. The summed E-state index contributed by atoms with van der Waals surface area (Å²) in [7, 11) is 1.82. The van der Waals surface area contributed by atoms with Crippen molar-refractivity contribution >= 4 is 17.8 Å². The van der Waals surface area contributed by atoms with Gasteiger partial charge in [0.05, 0.1) is 0 Å². The molecule has 0 spiro atoms. The fraction of sp³-hybridized carbons (Fsp3) is 0.786. The third-order valence-corrected chi connectivity index (χ3v) is 3.05. The summed E-state index contributed by atoms with van der Waals surface area (Å²) in [4.78, 5) is 15.4. The van der Waals surface area contributed by atoms with E-state index < -0.39 is 0 Å². The van der Waals surface area contributed by atoms with Gasteiger partial charge in [-0.15, -0.1) is 0 Å². The van der Waals surface area contributed by atoms with Gasteiger partial charge < -0.3 is 15.5 Å². The van der Waals surface area contributed by atoms with E-state index in [2.05, 4.69) is 65.1 Å². The van der Waals surface area contributed by atoms with Crippen LogP contribution in [0.25, 0.3) is 0 Å². The van der Waals surface area contributed by atoms with Gasteiger partial charge in [0.15, 0.2) is 0 Å². The lowest BCUT2D eigenvalue weighted by Gasteiger charge is -2.20. The average molecular weight is 280 g/mol. The van der Waals surface area contributed by atoms with Crippen LogP contribution in [0.3, 0.4) is 0 Å². The Balaban J connectivity index is 2.82. The van der Waals surface area contributed by atoms with Gasteiger partial charge in [-0.2, -0.15) is 15.0 Å².